The van der Waals surface area contributed by atoms with E-state index in [-0.39, 0.29) is 5.41 Å². The molecule has 5 heteroatoms. The molecule has 0 radical (unpaired) electrons. The van der Waals surface area contributed by atoms with Crippen LogP contribution in [0.2, 0.25) is 0 Å². The predicted molar refractivity (Wildman–Crippen MR) is 103 cm³/mol. The maximum atomic E-state index is 11.4. The third-order valence-electron chi connectivity index (χ3n) is 6.87. The Kier molecular flexibility index (Phi) is 4.17. The summed E-state index contributed by atoms with van der Waals surface area (Å²) in [5.41, 5.74) is 1.95. The van der Waals surface area contributed by atoms with Crippen molar-refractivity contribution in [2.75, 3.05) is 0 Å². The number of fused-ring (bicyclic) bond motifs is 3. The van der Waals surface area contributed by atoms with Crippen molar-refractivity contribution < 1.29 is 15.3 Å². The topological polar surface area (TPSA) is 73.6 Å². The Bertz CT molecular complexity index is 828. The zero-order valence-electron chi connectivity index (χ0n) is 15.6. The molecule has 3 N–H and O–H groups in total. The largest absolute Gasteiger partial charge is 0.508 e. The third kappa shape index (κ3) is 2.44. The van der Waals surface area contributed by atoms with Crippen molar-refractivity contribution in [1.29, 1.82) is 0 Å². The van der Waals surface area contributed by atoms with E-state index in [2.05, 4.69) is 11.9 Å². The molecular formula is C21H27NO3S. The fraction of sp³-hybridized carbons (Fsp3) is 0.571. The Morgan fingerprint density at radius 3 is 2.69 bits per heavy atom. The minimum atomic E-state index is -1.26. The highest BCUT2D eigenvalue weighted by atomic mass is 32.1. The molecule has 1 saturated carbocycles. The summed E-state index contributed by atoms with van der Waals surface area (Å²) in [4.78, 5) is 5.67. The Morgan fingerprint density at radius 1 is 1.27 bits per heavy atom. The molecule has 0 unspecified atom stereocenters. The van der Waals surface area contributed by atoms with E-state index in [1.54, 1.807) is 6.07 Å². The average Bonchev–Trinajstić information content (AvgIpc) is 2.95. The standard InChI is InChI=1S/C21H27NO3S/c1-4-20-11-18(24)21(25,19-22-12(2)13(3)26-19)10-15(20)6-5-14-9-16(23)7-8-17(14)20/h7-9,15,18,23-25H,4-6,10-11H2,1-3H3/t15-,18+,20-,21-/m1/s1. The summed E-state index contributed by atoms with van der Waals surface area (Å²) in [6.07, 6.45) is 3.00. The Labute approximate surface area is 158 Å². The Morgan fingerprint density at radius 2 is 2.04 bits per heavy atom. The van der Waals surface area contributed by atoms with Crippen LogP contribution in [0.25, 0.3) is 0 Å². The van der Waals surface area contributed by atoms with Gasteiger partial charge in [0.2, 0.25) is 0 Å². The zero-order chi connectivity index (χ0) is 18.7. The molecule has 1 aromatic heterocycles. The van der Waals surface area contributed by atoms with Crippen LogP contribution in [-0.4, -0.2) is 26.4 Å². The van der Waals surface area contributed by atoms with Gasteiger partial charge in [0, 0.05) is 10.3 Å². The van der Waals surface area contributed by atoms with Gasteiger partial charge in [-0.15, -0.1) is 11.3 Å². The van der Waals surface area contributed by atoms with Gasteiger partial charge >= 0.3 is 0 Å². The fourth-order valence-electron chi connectivity index (χ4n) is 5.21. The van der Waals surface area contributed by atoms with E-state index in [1.165, 1.54) is 22.5 Å². The van der Waals surface area contributed by atoms with Gasteiger partial charge in [0.1, 0.15) is 16.4 Å². The van der Waals surface area contributed by atoms with Crippen molar-refractivity contribution in [2.24, 2.45) is 5.92 Å². The van der Waals surface area contributed by atoms with Gasteiger partial charge in [-0.05, 0) is 75.1 Å². The molecule has 1 heterocycles. The number of hydrogen-bond donors (Lipinski definition) is 3. The molecule has 1 fully saturated rings. The minimum absolute atomic E-state index is 0.145. The minimum Gasteiger partial charge on any atom is -0.508 e. The quantitative estimate of drug-likeness (QED) is 0.750. The molecule has 4 nitrogen and oxygen atoms in total. The number of thiazole rings is 1. The van der Waals surface area contributed by atoms with E-state index in [0.717, 1.165) is 29.8 Å². The molecule has 2 aliphatic carbocycles. The van der Waals surface area contributed by atoms with E-state index in [0.29, 0.717) is 29.5 Å². The molecule has 140 valence electrons. The predicted octanol–water partition coefficient (Wildman–Crippen LogP) is 3.72. The first kappa shape index (κ1) is 18.0. The summed E-state index contributed by atoms with van der Waals surface area (Å²) >= 11 is 1.50. The Hall–Kier alpha value is -1.43. The first-order valence-corrected chi connectivity index (χ1v) is 10.3. The summed E-state index contributed by atoms with van der Waals surface area (Å²) in [7, 11) is 0. The highest BCUT2D eigenvalue weighted by Gasteiger charge is 2.56. The third-order valence-corrected chi connectivity index (χ3v) is 8.10. The molecular weight excluding hydrogens is 346 g/mol. The lowest BCUT2D eigenvalue weighted by molar-refractivity contribution is -0.146. The number of phenolic OH excluding ortho intramolecular Hbond substituents is 1. The first-order chi connectivity index (χ1) is 12.3. The van der Waals surface area contributed by atoms with Crippen molar-refractivity contribution >= 4 is 11.3 Å². The number of aromatic nitrogens is 1. The number of aliphatic hydroxyl groups excluding tert-OH is 1. The number of rotatable bonds is 2. The second-order valence-corrected chi connectivity index (χ2v) is 9.30. The number of aliphatic hydroxyl groups is 2. The van der Waals surface area contributed by atoms with Gasteiger partial charge in [0.25, 0.3) is 0 Å². The lowest BCUT2D eigenvalue weighted by atomic mass is 9.52. The van der Waals surface area contributed by atoms with Crippen LogP contribution in [-0.2, 0) is 17.4 Å². The van der Waals surface area contributed by atoms with Crippen molar-refractivity contribution in [3.63, 3.8) is 0 Å². The van der Waals surface area contributed by atoms with Crippen molar-refractivity contribution in [3.8, 4) is 5.75 Å². The van der Waals surface area contributed by atoms with Crippen molar-refractivity contribution in [3.05, 3.63) is 44.9 Å². The second kappa shape index (κ2) is 6.04. The molecule has 0 aliphatic heterocycles. The van der Waals surface area contributed by atoms with Crippen LogP contribution in [0.4, 0.5) is 0 Å². The van der Waals surface area contributed by atoms with E-state index in [1.807, 2.05) is 26.0 Å². The van der Waals surface area contributed by atoms with E-state index in [9.17, 15) is 15.3 Å². The van der Waals surface area contributed by atoms with Crippen molar-refractivity contribution in [2.45, 2.75) is 70.0 Å². The van der Waals surface area contributed by atoms with Gasteiger partial charge in [-0.3, -0.25) is 0 Å². The van der Waals surface area contributed by atoms with Gasteiger partial charge in [0.05, 0.1) is 11.8 Å². The number of aryl methyl sites for hydroxylation is 3. The first-order valence-electron chi connectivity index (χ1n) is 9.47. The van der Waals surface area contributed by atoms with Crippen LogP contribution in [0.15, 0.2) is 18.2 Å². The van der Waals surface area contributed by atoms with Crippen LogP contribution >= 0.6 is 11.3 Å². The summed E-state index contributed by atoms with van der Waals surface area (Å²) in [6, 6.07) is 5.64. The molecule has 0 bridgehead atoms. The molecule has 26 heavy (non-hydrogen) atoms. The van der Waals surface area contributed by atoms with Crippen LogP contribution in [0.3, 0.4) is 0 Å². The van der Waals surface area contributed by atoms with Gasteiger partial charge < -0.3 is 15.3 Å². The molecule has 0 saturated heterocycles. The lowest BCUT2D eigenvalue weighted by Crippen LogP contribution is -2.56. The van der Waals surface area contributed by atoms with Gasteiger partial charge in [-0.1, -0.05) is 13.0 Å². The molecule has 4 atom stereocenters. The molecule has 2 aliphatic rings. The molecule has 1 aromatic carbocycles. The maximum Gasteiger partial charge on any atom is 0.142 e. The molecule has 0 spiro atoms. The zero-order valence-corrected chi connectivity index (χ0v) is 16.4. The van der Waals surface area contributed by atoms with Gasteiger partial charge in [-0.25, -0.2) is 4.98 Å². The fourth-order valence-corrected chi connectivity index (χ4v) is 6.27. The molecule has 0 amide bonds. The normalized spacial score (nSPS) is 33.6. The monoisotopic (exact) mass is 373 g/mol. The SMILES string of the molecule is CC[C@@]12C[C@H](O)[C@@](O)(c3nc(C)c(C)s3)C[C@H]1CCc1cc(O)ccc12. The highest BCUT2D eigenvalue weighted by molar-refractivity contribution is 7.11. The van der Waals surface area contributed by atoms with Crippen LogP contribution in [0.1, 0.15) is 59.3 Å². The number of phenols is 1. The maximum absolute atomic E-state index is 11.4. The second-order valence-electron chi connectivity index (χ2n) is 8.10. The van der Waals surface area contributed by atoms with Gasteiger partial charge in [-0.2, -0.15) is 0 Å². The lowest BCUT2D eigenvalue weighted by Gasteiger charge is -2.54. The summed E-state index contributed by atoms with van der Waals surface area (Å²) in [5, 5.41) is 33.0. The number of benzene rings is 1. The van der Waals surface area contributed by atoms with E-state index in [4.69, 9.17) is 0 Å². The average molecular weight is 374 g/mol. The number of hydrogen-bond acceptors (Lipinski definition) is 5. The summed E-state index contributed by atoms with van der Waals surface area (Å²) in [5.74, 6) is 0.595. The summed E-state index contributed by atoms with van der Waals surface area (Å²) < 4.78 is 0. The number of nitrogens with zero attached hydrogens (tertiary/aromatic N) is 1. The van der Waals surface area contributed by atoms with E-state index < -0.39 is 11.7 Å². The molecule has 4 rings (SSSR count). The number of aromatic hydroxyl groups is 1. The summed E-state index contributed by atoms with van der Waals surface area (Å²) in [6.45, 7) is 6.13. The van der Waals surface area contributed by atoms with Crippen LogP contribution in [0.5, 0.6) is 5.75 Å². The Balaban J connectivity index is 1.77. The van der Waals surface area contributed by atoms with E-state index >= 15 is 0 Å². The highest BCUT2D eigenvalue weighted by Crippen LogP contribution is 2.57. The smallest absolute Gasteiger partial charge is 0.142 e. The molecule has 2 aromatic rings. The van der Waals surface area contributed by atoms with Crippen LogP contribution < -0.4 is 0 Å². The van der Waals surface area contributed by atoms with Gasteiger partial charge in [0.15, 0.2) is 0 Å². The van der Waals surface area contributed by atoms with Crippen molar-refractivity contribution in [1.82, 2.24) is 4.98 Å². The van der Waals surface area contributed by atoms with Crippen LogP contribution in [0, 0.1) is 19.8 Å².